The van der Waals surface area contributed by atoms with E-state index in [0.29, 0.717) is 18.6 Å². The molecule has 0 saturated heterocycles. The molecule has 1 aromatic heterocycles. The number of benzene rings is 2. The number of halogens is 4. The molecule has 2 aromatic carbocycles. The van der Waals surface area contributed by atoms with Crippen LogP contribution in [0.25, 0.3) is 11.5 Å². The Labute approximate surface area is 213 Å². The smallest absolute Gasteiger partial charge is 0.405 e. The first kappa shape index (κ1) is 26.8. The van der Waals surface area contributed by atoms with Crippen molar-refractivity contribution in [1.29, 1.82) is 0 Å². The molecule has 1 heterocycles. The van der Waals surface area contributed by atoms with Gasteiger partial charge in [0.25, 0.3) is 5.91 Å². The van der Waals surface area contributed by atoms with Gasteiger partial charge in [-0.2, -0.15) is 8.78 Å². The van der Waals surface area contributed by atoms with Crippen LogP contribution in [0.4, 0.5) is 22.4 Å². The second kappa shape index (κ2) is 11.4. The number of amides is 2. The van der Waals surface area contributed by atoms with Crippen molar-refractivity contribution in [1.82, 2.24) is 10.3 Å². The SMILES string of the molecule is C[C@H](OC(N)=O)c1oc(-c2ccc(OC(F)F)c(OCC3CC3)c2)nc1C(=O)NCc1ccc(F)cc1F. The van der Waals surface area contributed by atoms with E-state index in [1.165, 1.54) is 31.2 Å². The van der Waals surface area contributed by atoms with E-state index in [2.05, 4.69) is 15.0 Å². The summed E-state index contributed by atoms with van der Waals surface area (Å²) < 4.78 is 73.7. The third-order valence-electron chi connectivity index (χ3n) is 5.56. The molecule has 1 atom stereocenters. The fourth-order valence-corrected chi connectivity index (χ4v) is 3.49. The van der Waals surface area contributed by atoms with Crippen LogP contribution in [0.3, 0.4) is 0 Å². The Bertz CT molecular complexity index is 1330. The molecule has 1 saturated carbocycles. The second-order valence-corrected chi connectivity index (χ2v) is 8.52. The number of hydrogen-bond acceptors (Lipinski definition) is 7. The molecule has 0 unspecified atom stereocenters. The second-order valence-electron chi connectivity index (χ2n) is 8.52. The van der Waals surface area contributed by atoms with Gasteiger partial charge in [0.05, 0.1) is 6.61 Å². The summed E-state index contributed by atoms with van der Waals surface area (Å²) in [6, 6.07) is 6.86. The van der Waals surface area contributed by atoms with Crippen molar-refractivity contribution >= 4 is 12.0 Å². The maximum Gasteiger partial charge on any atom is 0.405 e. The van der Waals surface area contributed by atoms with Gasteiger partial charge in [0.1, 0.15) is 11.6 Å². The minimum absolute atomic E-state index is 0.0125. The molecular weight excluding hydrogens is 514 g/mol. The predicted octanol–water partition coefficient (Wildman–Crippen LogP) is 5.10. The summed E-state index contributed by atoms with van der Waals surface area (Å²) in [7, 11) is 0. The summed E-state index contributed by atoms with van der Waals surface area (Å²) in [5.41, 5.74) is 5.04. The zero-order chi connectivity index (χ0) is 27.4. The zero-order valence-electron chi connectivity index (χ0n) is 20.0. The summed E-state index contributed by atoms with van der Waals surface area (Å²) >= 11 is 0. The van der Waals surface area contributed by atoms with Gasteiger partial charge in [0.15, 0.2) is 29.1 Å². The maximum atomic E-state index is 14.0. The predicted molar refractivity (Wildman–Crippen MR) is 123 cm³/mol. The highest BCUT2D eigenvalue weighted by Gasteiger charge is 2.28. The standard InChI is InChI=1S/C25H23F4N3O6/c1-12(36-25(30)34)21-20(22(33)31-10-15-4-6-16(26)9-17(15)27)32-23(38-21)14-5-7-18(37-24(28)29)19(8-14)35-11-13-2-3-13/h4-9,12-13,24H,2-3,10-11H2,1H3,(H2,30,34)(H,31,33)/t12-/m0/s1. The van der Waals surface area contributed by atoms with Gasteiger partial charge in [-0.15, -0.1) is 0 Å². The number of nitrogens with one attached hydrogen (secondary N) is 1. The summed E-state index contributed by atoms with van der Waals surface area (Å²) in [5, 5.41) is 2.45. The molecule has 4 rings (SSSR count). The molecule has 13 heteroatoms. The molecule has 38 heavy (non-hydrogen) atoms. The van der Waals surface area contributed by atoms with E-state index in [9.17, 15) is 27.2 Å². The lowest BCUT2D eigenvalue weighted by Gasteiger charge is -2.13. The van der Waals surface area contributed by atoms with Crippen molar-refractivity contribution in [3.63, 3.8) is 0 Å². The Morgan fingerprint density at radius 2 is 1.92 bits per heavy atom. The number of carbonyl (C=O) groups excluding carboxylic acids is 2. The fourth-order valence-electron chi connectivity index (χ4n) is 3.49. The maximum absolute atomic E-state index is 14.0. The van der Waals surface area contributed by atoms with E-state index in [0.717, 1.165) is 18.9 Å². The number of ether oxygens (including phenoxy) is 3. The van der Waals surface area contributed by atoms with Crippen LogP contribution in [-0.4, -0.2) is 30.2 Å². The number of aromatic nitrogens is 1. The number of alkyl halides is 2. The van der Waals surface area contributed by atoms with Gasteiger partial charge in [-0.3, -0.25) is 4.79 Å². The van der Waals surface area contributed by atoms with Crippen LogP contribution in [0.1, 0.15) is 47.7 Å². The van der Waals surface area contributed by atoms with Gasteiger partial charge < -0.3 is 29.7 Å². The van der Waals surface area contributed by atoms with Crippen LogP contribution >= 0.6 is 0 Å². The largest absolute Gasteiger partial charge is 0.489 e. The van der Waals surface area contributed by atoms with Gasteiger partial charge in [-0.25, -0.2) is 18.6 Å². The normalized spacial score (nSPS) is 13.7. The molecule has 1 aliphatic rings. The Morgan fingerprint density at radius 3 is 2.58 bits per heavy atom. The molecule has 1 aliphatic carbocycles. The molecule has 3 aromatic rings. The van der Waals surface area contributed by atoms with Gasteiger partial charge in [0, 0.05) is 23.7 Å². The van der Waals surface area contributed by atoms with E-state index in [1.54, 1.807) is 0 Å². The van der Waals surface area contributed by atoms with Crippen LogP contribution < -0.4 is 20.5 Å². The average molecular weight is 537 g/mol. The van der Waals surface area contributed by atoms with Crippen molar-refractivity contribution < 1.29 is 45.8 Å². The lowest BCUT2D eigenvalue weighted by Crippen LogP contribution is -2.26. The molecular formula is C25H23F4N3O6. The van der Waals surface area contributed by atoms with Crippen LogP contribution in [0.2, 0.25) is 0 Å². The van der Waals surface area contributed by atoms with Crippen LogP contribution in [-0.2, 0) is 11.3 Å². The lowest BCUT2D eigenvalue weighted by atomic mass is 10.2. The molecule has 0 bridgehead atoms. The van der Waals surface area contributed by atoms with E-state index >= 15 is 0 Å². The number of rotatable bonds is 11. The minimum Gasteiger partial charge on any atom is -0.489 e. The van der Waals surface area contributed by atoms with Crippen LogP contribution in [0, 0.1) is 17.6 Å². The van der Waals surface area contributed by atoms with E-state index in [-0.39, 0.29) is 46.5 Å². The van der Waals surface area contributed by atoms with Gasteiger partial charge in [0.2, 0.25) is 5.89 Å². The van der Waals surface area contributed by atoms with Crippen molar-refractivity contribution in [3.05, 3.63) is 65.1 Å². The van der Waals surface area contributed by atoms with Gasteiger partial charge in [-0.1, -0.05) is 6.07 Å². The first-order valence-corrected chi connectivity index (χ1v) is 11.5. The number of nitrogens with zero attached hydrogens (tertiary/aromatic N) is 1. The van der Waals surface area contributed by atoms with Crippen molar-refractivity contribution in [2.45, 2.75) is 39.0 Å². The molecule has 0 radical (unpaired) electrons. The summed E-state index contributed by atoms with van der Waals surface area (Å²) in [5.74, 6) is -2.61. The van der Waals surface area contributed by atoms with Gasteiger partial charge in [-0.05, 0) is 49.9 Å². The first-order valence-electron chi connectivity index (χ1n) is 11.5. The van der Waals surface area contributed by atoms with E-state index in [4.69, 9.17) is 19.6 Å². The quantitative estimate of drug-likeness (QED) is 0.326. The first-order chi connectivity index (χ1) is 18.1. The molecule has 0 aliphatic heterocycles. The highest BCUT2D eigenvalue weighted by molar-refractivity contribution is 5.94. The molecule has 9 nitrogen and oxygen atoms in total. The monoisotopic (exact) mass is 537 g/mol. The minimum atomic E-state index is -3.08. The van der Waals surface area contributed by atoms with E-state index in [1.807, 2.05) is 0 Å². The topological polar surface area (TPSA) is 126 Å². The van der Waals surface area contributed by atoms with Crippen molar-refractivity contribution in [2.24, 2.45) is 11.7 Å². The summed E-state index contributed by atoms with van der Waals surface area (Å²) in [6.07, 6.45) is -0.360. The highest BCUT2D eigenvalue weighted by Crippen LogP contribution is 2.37. The third-order valence-corrected chi connectivity index (χ3v) is 5.56. The number of hydrogen-bond donors (Lipinski definition) is 2. The number of carbonyl (C=O) groups is 2. The highest BCUT2D eigenvalue weighted by atomic mass is 19.3. The molecule has 1 fully saturated rings. The number of oxazole rings is 1. The molecule has 2 amide bonds. The lowest BCUT2D eigenvalue weighted by molar-refractivity contribution is -0.0515. The number of nitrogens with two attached hydrogens (primary N) is 1. The Morgan fingerprint density at radius 1 is 1.16 bits per heavy atom. The Balaban J connectivity index is 1.63. The van der Waals surface area contributed by atoms with Crippen molar-refractivity contribution in [3.8, 4) is 23.0 Å². The third kappa shape index (κ3) is 6.72. The average Bonchev–Trinajstić information content (AvgIpc) is 3.57. The summed E-state index contributed by atoms with van der Waals surface area (Å²) in [6.45, 7) is -1.70. The molecule has 202 valence electrons. The summed E-state index contributed by atoms with van der Waals surface area (Å²) in [4.78, 5) is 28.4. The van der Waals surface area contributed by atoms with Crippen LogP contribution in [0.5, 0.6) is 11.5 Å². The Kier molecular flexibility index (Phi) is 8.03. The van der Waals surface area contributed by atoms with E-state index < -0.39 is 36.4 Å². The Hall–Kier alpha value is -4.29. The number of primary amides is 1. The van der Waals surface area contributed by atoms with Crippen molar-refractivity contribution in [2.75, 3.05) is 6.61 Å². The fraction of sp³-hybridized carbons (Fsp3) is 0.320. The van der Waals surface area contributed by atoms with Gasteiger partial charge >= 0.3 is 12.7 Å². The molecule has 3 N–H and O–H groups in total. The molecule has 0 spiro atoms. The van der Waals surface area contributed by atoms with Crippen LogP contribution in [0.15, 0.2) is 40.8 Å². The zero-order valence-corrected chi connectivity index (χ0v) is 20.0.